The average molecular weight is 817 g/mol. The summed E-state index contributed by atoms with van der Waals surface area (Å²) in [6.07, 6.45) is -5.32. The third-order valence-corrected chi connectivity index (χ3v) is 9.46. The molecule has 5 rings (SSSR count). The molecule has 17 heteroatoms. The number of aliphatic hydroxyl groups is 2. The first kappa shape index (κ1) is 44.0. The zero-order valence-electron chi connectivity index (χ0n) is 32.4. The first-order valence-electron chi connectivity index (χ1n) is 18.7. The van der Waals surface area contributed by atoms with E-state index in [0.717, 1.165) is 23.3 Å². The zero-order valence-corrected chi connectivity index (χ0v) is 32.4. The number of fused-ring (bicyclic) bond motifs is 2. The van der Waals surface area contributed by atoms with E-state index in [-0.39, 0.29) is 36.0 Å². The molecule has 0 radical (unpaired) electrons. The van der Waals surface area contributed by atoms with E-state index in [2.05, 4.69) is 15.4 Å². The maximum Gasteiger partial charge on any atom is 0.422 e. The van der Waals surface area contributed by atoms with Crippen molar-refractivity contribution in [3.05, 3.63) is 88.5 Å². The number of benzene rings is 2. The van der Waals surface area contributed by atoms with Crippen molar-refractivity contribution >= 4 is 35.8 Å². The summed E-state index contributed by atoms with van der Waals surface area (Å²) in [6.45, 7) is 4.06. The Kier molecular flexibility index (Phi) is 13.8. The summed E-state index contributed by atoms with van der Waals surface area (Å²) < 4.78 is 66.0. The standard InChI is InChI=1S/C41H47F3N2O12/c1-23(48)34(37(52)45-28(21-47)14-16-33(50)57-39(2,3)4)46-36(51)27-17-30(35-31(18-27)56-40(58-35)19-25-10-5-6-11-26(25)20-40)55-38(53)29-12-8-7-9-24(29)13-15-32(49)54-22-41(42,43)44/h5-13,15,18,23,28,30-31,34-35,47-48H,14,16-17,19-22H2,1-4H3,(H,45,52)(H,46,51)/t23-,28-,30+,31+,34+,35-/m0/s1. The minimum Gasteiger partial charge on any atom is -0.460 e. The van der Waals surface area contributed by atoms with E-state index in [1.165, 1.54) is 37.3 Å². The maximum absolute atomic E-state index is 13.9. The van der Waals surface area contributed by atoms with Crippen molar-refractivity contribution < 1.29 is 71.0 Å². The van der Waals surface area contributed by atoms with Gasteiger partial charge in [-0.15, -0.1) is 0 Å². The highest BCUT2D eigenvalue weighted by atomic mass is 19.4. The zero-order chi connectivity index (χ0) is 42.4. The Morgan fingerprint density at radius 1 is 0.983 bits per heavy atom. The number of carbonyl (C=O) groups excluding carboxylic acids is 5. The van der Waals surface area contributed by atoms with Gasteiger partial charge in [0.05, 0.1) is 24.3 Å². The molecule has 314 valence electrons. The van der Waals surface area contributed by atoms with E-state index in [1.54, 1.807) is 20.8 Å². The fourth-order valence-corrected chi connectivity index (χ4v) is 6.87. The van der Waals surface area contributed by atoms with Crippen LogP contribution in [-0.4, -0.2) is 107 Å². The van der Waals surface area contributed by atoms with E-state index in [4.69, 9.17) is 18.9 Å². The van der Waals surface area contributed by atoms with E-state index >= 15 is 0 Å². The van der Waals surface area contributed by atoms with Crippen molar-refractivity contribution in [1.82, 2.24) is 10.6 Å². The summed E-state index contributed by atoms with van der Waals surface area (Å²) in [5.41, 5.74) is 1.36. The molecular weight excluding hydrogens is 769 g/mol. The van der Waals surface area contributed by atoms with Crippen LogP contribution in [0.3, 0.4) is 0 Å². The Morgan fingerprint density at radius 3 is 2.26 bits per heavy atom. The van der Waals surface area contributed by atoms with Crippen molar-refractivity contribution in [1.29, 1.82) is 0 Å². The van der Waals surface area contributed by atoms with E-state index in [9.17, 15) is 47.4 Å². The molecule has 2 aromatic rings. The van der Waals surface area contributed by atoms with Crippen LogP contribution in [-0.2, 0) is 55.7 Å². The van der Waals surface area contributed by atoms with Crippen molar-refractivity contribution in [2.75, 3.05) is 13.2 Å². The topological polar surface area (TPSA) is 196 Å². The second kappa shape index (κ2) is 18.2. The van der Waals surface area contributed by atoms with E-state index in [1.807, 2.05) is 24.3 Å². The Bertz CT molecular complexity index is 1900. The number of nitrogens with one attached hydrogen (secondary N) is 2. The quantitative estimate of drug-likeness (QED) is 0.124. The lowest BCUT2D eigenvalue weighted by Gasteiger charge is -2.31. The second-order valence-electron chi connectivity index (χ2n) is 15.4. The summed E-state index contributed by atoms with van der Waals surface area (Å²) in [5, 5.41) is 25.6. The minimum atomic E-state index is -4.73. The Morgan fingerprint density at radius 2 is 1.64 bits per heavy atom. The highest BCUT2D eigenvalue weighted by Crippen LogP contribution is 2.45. The van der Waals surface area contributed by atoms with Gasteiger partial charge in [0.25, 0.3) is 0 Å². The van der Waals surface area contributed by atoms with E-state index < -0.39 is 97.0 Å². The van der Waals surface area contributed by atoms with Crippen molar-refractivity contribution in [2.45, 2.75) is 114 Å². The van der Waals surface area contributed by atoms with Gasteiger partial charge in [0.1, 0.15) is 30.0 Å². The van der Waals surface area contributed by atoms with Gasteiger partial charge in [-0.25, -0.2) is 9.59 Å². The molecule has 1 saturated heterocycles. The Labute approximate surface area is 332 Å². The predicted molar refractivity (Wildman–Crippen MR) is 198 cm³/mol. The molecule has 2 aliphatic carbocycles. The van der Waals surface area contributed by atoms with Gasteiger partial charge < -0.3 is 44.5 Å². The molecule has 1 fully saturated rings. The predicted octanol–water partition coefficient (Wildman–Crippen LogP) is 3.40. The number of carbonyl (C=O) groups is 5. The van der Waals surface area contributed by atoms with Crippen LogP contribution in [0.5, 0.6) is 0 Å². The third kappa shape index (κ3) is 11.7. The van der Waals surface area contributed by atoms with Crippen LogP contribution in [0.1, 0.15) is 74.0 Å². The molecule has 2 aromatic carbocycles. The van der Waals surface area contributed by atoms with Crippen LogP contribution in [0.25, 0.3) is 6.08 Å². The molecule has 3 aliphatic rings. The van der Waals surface area contributed by atoms with Gasteiger partial charge in [0, 0.05) is 37.3 Å². The van der Waals surface area contributed by atoms with Crippen LogP contribution < -0.4 is 10.6 Å². The summed E-state index contributed by atoms with van der Waals surface area (Å²) in [7, 11) is 0. The molecule has 58 heavy (non-hydrogen) atoms. The lowest BCUT2D eigenvalue weighted by atomic mass is 9.91. The molecule has 0 bridgehead atoms. The highest BCUT2D eigenvalue weighted by Gasteiger charge is 2.55. The first-order valence-corrected chi connectivity index (χ1v) is 18.7. The summed E-state index contributed by atoms with van der Waals surface area (Å²) in [5.74, 6) is -5.51. The maximum atomic E-state index is 13.9. The molecule has 2 amide bonds. The SMILES string of the molecule is C[C@H](O)[C@@H](NC(=O)C1=C[C@H]2OC3(Cc4ccccc4C3)O[C@H]2[C@H](OC(=O)c2ccccc2C=CC(=O)OCC(F)(F)F)C1)C(=O)N[C@H](CO)CCC(=O)OC(C)(C)C. The number of halogens is 3. The fraction of sp³-hybridized carbons (Fsp3) is 0.488. The number of ether oxygens (including phenoxy) is 5. The molecule has 1 aliphatic heterocycles. The smallest absolute Gasteiger partial charge is 0.422 e. The van der Waals surface area contributed by atoms with Gasteiger partial charge in [0.15, 0.2) is 12.4 Å². The van der Waals surface area contributed by atoms with Gasteiger partial charge in [-0.05, 0) is 69.0 Å². The normalized spacial score (nSPS) is 21.3. The van der Waals surface area contributed by atoms with Gasteiger partial charge in [0.2, 0.25) is 11.8 Å². The highest BCUT2D eigenvalue weighted by molar-refractivity contribution is 5.98. The summed E-state index contributed by atoms with van der Waals surface area (Å²) >= 11 is 0. The first-order chi connectivity index (χ1) is 27.2. The second-order valence-corrected chi connectivity index (χ2v) is 15.4. The molecule has 0 unspecified atom stereocenters. The summed E-state index contributed by atoms with van der Waals surface area (Å²) in [6, 6.07) is 11.1. The molecule has 1 heterocycles. The van der Waals surface area contributed by atoms with Crippen LogP contribution in [0.4, 0.5) is 13.2 Å². The third-order valence-electron chi connectivity index (χ3n) is 9.46. The number of rotatable bonds is 14. The Hall–Kier alpha value is -5.10. The number of hydrogen-bond acceptors (Lipinski definition) is 12. The van der Waals surface area contributed by atoms with Crippen LogP contribution >= 0.6 is 0 Å². The lowest BCUT2D eigenvalue weighted by Crippen LogP contribution is -2.55. The van der Waals surface area contributed by atoms with Gasteiger partial charge in [-0.3, -0.25) is 14.4 Å². The fourth-order valence-electron chi connectivity index (χ4n) is 6.87. The monoisotopic (exact) mass is 816 g/mol. The number of amides is 2. The Balaban J connectivity index is 1.33. The molecule has 6 atom stereocenters. The largest absolute Gasteiger partial charge is 0.460 e. The lowest BCUT2D eigenvalue weighted by molar-refractivity contribution is -0.182. The van der Waals surface area contributed by atoms with Crippen LogP contribution in [0.2, 0.25) is 0 Å². The number of esters is 3. The molecular formula is C41H47F3N2O12. The van der Waals surface area contributed by atoms with Crippen LogP contribution in [0, 0.1) is 0 Å². The summed E-state index contributed by atoms with van der Waals surface area (Å²) in [4.78, 5) is 65.2. The molecule has 1 spiro atoms. The number of hydrogen-bond donors (Lipinski definition) is 4. The van der Waals surface area contributed by atoms with Crippen LogP contribution in [0.15, 0.2) is 66.3 Å². The number of alkyl halides is 3. The van der Waals surface area contributed by atoms with Crippen molar-refractivity contribution in [3.8, 4) is 0 Å². The van der Waals surface area contributed by atoms with Crippen molar-refractivity contribution in [2.24, 2.45) is 0 Å². The molecule has 4 N–H and O–H groups in total. The molecule has 0 saturated carbocycles. The van der Waals surface area contributed by atoms with Gasteiger partial charge in [-0.2, -0.15) is 13.2 Å². The molecule has 0 aromatic heterocycles. The van der Waals surface area contributed by atoms with Gasteiger partial charge >= 0.3 is 24.1 Å². The number of aliphatic hydroxyl groups excluding tert-OH is 2. The van der Waals surface area contributed by atoms with Crippen molar-refractivity contribution in [3.63, 3.8) is 0 Å². The van der Waals surface area contributed by atoms with E-state index in [0.29, 0.717) is 12.8 Å². The molecule has 14 nitrogen and oxygen atoms in total. The van der Waals surface area contributed by atoms with Gasteiger partial charge in [-0.1, -0.05) is 42.5 Å². The minimum absolute atomic E-state index is 0.0168. The average Bonchev–Trinajstić information content (AvgIpc) is 3.70.